The number of pyridine rings is 1. The molecular weight excluding hydrogens is 409 g/mol. The number of aromatic nitrogens is 1. The van der Waals surface area contributed by atoms with Crippen LogP contribution in [0, 0.1) is 12.7 Å². The van der Waals surface area contributed by atoms with Gasteiger partial charge in [-0.3, -0.25) is 0 Å². The monoisotopic (exact) mass is 436 g/mol. The summed E-state index contributed by atoms with van der Waals surface area (Å²) >= 11 is 0. The van der Waals surface area contributed by atoms with E-state index in [2.05, 4.69) is 47.9 Å². The zero-order valence-corrected chi connectivity index (χ0v) is 19.1. The van der Waals surface area contributed by atoms with E-state index in [1.807, 2.05) is 37.5 Å². The minimum Gasteiger partial charge on any atom is -0.454 e. The van der Waals surface area contributed by atoms with E-state index in [1.165, 1.54) is 31.2 Å². The van der Waals surface area contributed by atoms with E-state index in [4.69, 9.17) is 4.42 Å². The molecule has 0 N–H and O–H groups in total. The van der Waals surface area contributed by atoms with E-state index in [-0.39, 0.29) is 5.82 Å². The summed E-state index contributed by atoms with van der Waals surface area (Å²) in [6.45, 7) is 2.10. The third kappa shape index (κ3) is 3.26. The van der Waals surface area contributed by atoms with Crippen LogP contribution in [0.1, 0.15) is 42.7 Å². The van der Waals surface area contributed by atoms with Gasteiger partial charge in [0.2, 0.25) is 5.69 Å². The Bertz CT molecular complexity index is 1510. The van der Waals surface area contributed by atoms with Gasteiger partial charge in [-0.15, -0.1) is 0 Å². The van der Waals surface area contributed by atoms with Gasteiger partial charge in [-0.05, 0) is 60.6 Å². The van der Waals surface area contributed by atoms with E-state index in [9.17, 15) is 0 Å². The lowest BCUT2D eigenvalue weighted by Crippen LogP contribution is -2.30. The van der Waals surface area contributed by atoms with Crippen LogP contribution in [0.3, 0.4) is 0 Å². The lowest BCUT2D eigenvalue weighted by atomic mass is 9.93. The van der Waals surface area contributed by atoms with Crippen molar-refractivity contribution >= 4 is 21.9 Å². The number of aryl methyl sites for hydroxylation is 2. The summed E-state index contributed by atoms with van der Waals surface area (Å²) in [5, 5.41) is 1.97. The molecule has 0 unspecified atom stereocenters. The zero-order valence-electron chi connectivity index (χ0n) is 19.1. The Morgan fingerprint density at radius 1 is 0.848 bits per heavy atom. The molecule has 164 valence electrons. The second-order valence-electron chi connectivity index (χ2n) is 9.34. The smallest absolute Gasteiger partial charge is 0.216 e. The molecule has 0 radical (unpaired) electrons. The van der Waals surface area contributed by atoms with Crippen molar-refractivity contribution < 1.29 is 13.4 Å². The molecular formula is C30H27FNO+. The third-order valence-electron chi connectivity index (χ3n) is 7.28. The van der Waals surface area contributed by atoms with E-state index in [0.29, 0.717) is 17.1 Å². The summed E-state index contributed by atoms with van der Waals surface area (Å²) in [6, 6.07) is 22.2. The Hall–Kier alpha value is -3.46. The second-order valence-corrected chi connectivity index (χ2v) is 9.34. The SMILES string of the molecule is Cc1ccc2c(oc3c(-c4cccc(C5CCCC5)c4)c(F)ccc32)c1-c1cccc[n+]1C. The van der Waals surface area contributed by atoms with Crippen LogP contribution in [-0.2, 0) is 7.05 Å². The highest BCUT2D eigenvalue weighted by Crippen LogP contribution is 2.42. The normalized spacial score (nSPS) is 14.5. The maximum atomic E-state index is 15.3. The van der Waals surface area contributed by atoms with Crippen LogP contribution >= 0.6 is 0 Å². The molecule has 33 heavy (non-hydrogen) atoms. The quantitative estimate of drug-likeness (QED) is 0.263. The first-order chi connectivity index (χ1) is 16.1. The van der Waals surface area contributed by atoms with Gasteiger partial charge in [0.1, 0.15) is 24.0 Å². The first-order valence-electron chi connectivity index (χ1n) is 11.8. The van der Waals surface area contributed by atoms with Crippen molar-refractivity contribution in [2.24, 2.45) is 7.05 Å². The fraction of sp³-hybridized carbons (Fsp3) is 0.233. The standard InChI is InChI=1S/C30H27FNO/c1-19-13-14-23-24-15-16-25(31)28(22-11-7-10-21(18-22)20-8-3-4-9-20)30(24)33-29(23)27(19)26-12-5-6-17-32(26)2/h5-7,10-18,20H,3-4,8-9H2,1-2H3/q+1. The number of furan rings is 1. The van der Waals surface area contributed by atoms with Crippen LogP contribution in [-0.4, -0.2) is 0 Å². The number of benzene rings is 3. The molecule has 5 aromatic rings. The summed E-state index contributed by atoms with van der Waals surface area (Å²) in [6.07, 6.45) is 7.04. The molecule has 0 bridgehead atoms. The van der Waals surface area contributed by atoms with E-state index in [1.54, 1.807) is 6.07 Å². The highest BCUT2D eigenvalue weighted by Gasteiger charge is 2.24. The summed E-state index contributed by atoms with van der Waals surface area (Å²) in [7, 11) is 2.04. The van der Waals surface area contributed by atoms with Gasteiger partial charge < -0.3 is 4.42 Å². The van der Waals surface area contributed by atoms with Crippen LogP contribution < -0.4 is 4.57 Å². The molecule has 2 heterocycles. The maximum absolute atomic E-state index is 15.3. The Morgan fingerprint density at radius 2 is 1.61 bits per heavy atom. The molecule has 1 fully saturated rings. The topological polar surface area (TPSA) is 17.0 Å². The van der Waals surface area contributed by atoms with Crippen LogP contribution in [0.25, 0.3) is 44.3 Å². The van der Waals surface area contributed by atoms with Crippen molar-refractivity contribution in [2.75, 3.05) is 0 Å². The van der Waals surface area contributed by atoms with Crippen LogP contribution in [0.5, 0.6) is 0 Å². The molecule has 1 aliphatic rings. The zero-order chi connectivity index (χ0) is 22.5. The van der Waals surface area contributed by atoms with Crippen molar-refractivity contribution in [3.05, 3.63) is 89.9 Å². The fourth-order valence-electron chi connectivity index (χ4n) is 5.56. The average molecular weight is 437 g/mol. The minimum atomic E-state index is -0.242. The molecule has 0 amide bonds. The molecule has 0 saturated heterocycles. The molecule has 2 nitrogen and oxygen atoms in total. The molecule has 6 rings (SSSR count). The molecule has 1 saturated carbocycles. The summed E-state index contributed by atoms with van der Waals surface area (Å²) in [4.78, 5) is 0. The van der Waals surface area contributed by atoms with Crippen molar-refractivity contribution in [1.82, 2.24) is 0 Å². The average Bonchev–Trinajstić information content (AvgIpc) is 3.48. The van der Waals surface area contributed by atoms with Gasteiger partial charge in [0, 0.05) is 22.9 Å². The molecule has 0 spiro atoms. The Morgan fingerprint density at radius 3 is 2.39 bits per heavy atom. The van der Waals surface area contributed by atoms with Gasteiger partial charge >= 0.3 is 0 Å². The van der Waals surface area contributed by atoms with Crippen molar-refractivity contribution in [3.63, 3.8) is 0 Å². The van der Waals surface area contributed by atoms with Gasteiger partial charge in [0.15, 0.2) is 6.20 Å². The Balaban J connectivity index is 1.62. The van der Waals surface area contributed by atoms with E-state index in [0.717, 1.165) is 38.7 Å². The number of rotatable bonds is 3. The predicted molar refractivity (Wildman–Crippen MR) is 132 cm³/mol. The molecule has 2 aromatic heterocycles. The largest absolute Gasteiger partial charge is 0.454 e. The Labute approximate surface area is 193 Å². The maximum Gasteiger partial charge on any atom is 0.216 e. The van der Waals surface area contributed by atoms with Gasteiger partial charge in [-0.25, -0.2) is 8.96 Å². The predicted octanol–water partition coefficient (Wildman–Crippen LogP) is 7.85. The molecule has 0 aliphatic heterocycles. The molecule has 3 heteroatoms. The minimum absolute atomic E-state index is 0.242. The third-order valence-corrected chi connectivity index (χ3v) is 7.28. The van der Waals surface area contributed by atoms with Crippen LogP contribution in [0.4, 0.5) is 4.39 Å². The lowest BCUT2D eigenvalue weighted by Gasteiger charge is -2.12. The number of fused-ring (bicyclic) bond motifs is 3. The number of nitrogens with zero attached hydrogens (tertiary/aromatic N) is 1. The van der Waals surface area contributed by atoms with E-state index >= 15 is 4.39 Å². The second kappa shape index (κ2) is 7.84. The molecule has 0 atom stereocenters. The first kappa shape index (κ1) is 20.2. The highest BCUT2D eigenvalue weighted by atomic mass is 19.1. The highest BCUT2D eigenvalue weighted by molar-refractivity contribution is 6.13. The molecule has 3 aromatic carbocycles. The van der Waals surface area contributed by atoms with E-state index < -0.39 is 0 Å². The summed E-state index contributed by atoms with van der Waals surface area (Å²) in [5.74, 6) is 0.337. The van der Waals surface area contributed by atoms with Gasteiger partial charge in [0.25, 0.3) is 0 Å². The Kier molecular flexibility index (Phi) is 4.79. The van der Waals surface area contributed by atoms with Gasteiger partial charge in [-0.1, -0.05) is 49.2 Å². The number of halogens is 1. The van der Waals surface area contributed by atoms with Gasteiger partial charge in [0.05, 0.1) is 11.1 Å². The number of hydrogen-bond acceptors (Lipinski definition) is 1. The molecule has 1 aliphatic carbocycles. The fourth-order valence-corrected chi connectivity index (χ4v) is 5.56. The summed E-state index contributed by atoms with van der Waals surface area (Å²) < 4.78 is 24.0. The van der Waals surface area contributed by atoms with Crippen molar-refractivity contribution in [2.45, 2.75) is 38.5 Å². The lowest BCUT2D eigenvalue weighted by molar-refractivity contribution is -0.660. The number of hydrogen-bond donors (Lipinski definition) is 0. The van der Waals surface area contributed by atoms with Crippen LogP contribution in [0.2, 0.25) is 0 Å². The van der Waals surface area contributed by atoms with Gasteiger partial charge in [-0.2, -0.15) is 0 Å². The van der Waals surface area contributed by atoms with Crippen LogP contribution in [0.15, 0.2) is 77.3 Å². The van der Waals surface area contributed by atoms with Crippen molar-refractivity contribution in [1.29, 1.82) is 0 Å². The first-order valence-corrected chi connectivity index (χ1v) is 11.8. The summed E-state index contributed by atoms with van der Waals surface area (Å²) in [5.41, 5.74) is 7.46. The van der Waals surface area contributed by atoms with Crippen molar-refractivity contribution in [3.8, 4) is 22.4 Å².